The largest absolute Gasteiger partial charge is 0.394 e. The van der Waals surface area contributed by atoms with Gasteiger partial charge in [-0.2, -0.15) is 0 Å². The first kappa shape index (κ1) is 10.9. The lowest BCUT2D eigenvalue weighted by atomic mass is 10.1. The van der Waals surface area contributed by atoms with Crippen molar-refractivity contribution in [1.29, 1.82) is 0 Å². The Labute approximate surface area is 79.7 Å². The van der Waals surface area contributed by atoms with E-state index < -0.39 is 0 Å². The lowest BCUT2D eigenvalue weighted by Crippen LogP contribution is -2.52. The summed E-state index contributed by atoms with van der Waals surface area (Å²) >= 11 is 0. The van der Waals surface area contributed by atoms with E-state index in [1.165, 1.54) is 0 Å². The van der Waals surface area contributed by atoms with Gasteiger partial charge < -0.3 is 15.6 Å². The molecule has 0 radical (unpaired) electrons. The van der Waals surface area contributed by atoms with Crippen molar-refractivity contribution in [2.45, 2.75) is 32.0 Å². The lowest BCUT2D eigenvalue weighted by Gasteiger charge is -2.37. The van der Waals surface area contributed by atoms with Crippen LogP contribution in [0, 0.1) is 0 Å². The van der Waals surface area contributed by atoms with Crippen LogP contribution in [0.3, 0.4) is 0 Å². The SMILES string of the molecule is CC(N)C(C)N1CCOC(CO)C1. The summed E-state index contributed by atoms with van der Waals surface area (Å²) in [7, 11) is 0. The van der Waals surface area contributed by atoms with Crippen molar-refractivity contribution in [1.82, 2.24) is 4.90 Å². The van der Waals surface area contributed by atoms with Gasteiger partial charge in [-0.05, 0) is 13.8 Å². The summed E-state index contributed by atoms with van der Waals surface area (Å²) < 4.78 is 5.35. The third-order valence-electron chi connectivity index (χ3n) is 2.71. The van der Waals surface area contributed by atoms with Crippen LogP contribution < -0.4 is 5.73 Å². The van der Waals surface area contributed by atoms with Crippen LogP contribution in [0.1, 0.15) is 13.8 Å². The summed E-state index contributed by atoms with van der Waals surface area (Å²) in [6, 6.07) is 0.524. The van der Waals surface area contributed by atoms with E-state index in [-0.39, 0.29) is 18.8 Å². The van der Waals surface area contributed by atoms with Gasteiger partial charge in [0.15, 0.2) is 0 Å². The molecule has 13 heavy (non-hydrogen) atoms. The molecule has 0 aromatic rings. The first-order chi connectivity index (χ1) is 6.15. The molecule has 0 amide bonds. The summed E-state index contributed by atoms with van der Waals surface area (Å²) in [6.07, 6.45) is -0.0325. The molecule has 0 aliphatic carbocycles. The summed E-state index contributed by atoms with van der Waals surface area (Å²) in [6.45, 7) is 6.63. The Morgan fingerprint density at radius 1 is 1.62 bits per heavy atom. The maximum atomic E-state index is 8.95. The van der Waals surface area contributed by atoms with Gasteiger partial charge in [-0.15, -0.1) is 0 Å². The zero-order valence-corrected chi connectivity index (χ0v) is 8.44. The third kappa shape index (κ3) is 2.91. The fraction of sp³-hybridized carbons (Fsp3) is 1.00. The van der Waals surface area contributed by atoms with Gasteiger partial charge in [0, 0.05) is 25.2 Å². The van der Waals surface area contributed by atoms with Gasteiger partial charge in [0.1, 0.15) is 0 Å². The molecule has 0 spiro atoms. The van der Waals surface area contributed by atoms with E-state index in [1.807, 2.05) is 6.92 Å². The Balaban J connectivity index is 2.41. The third-order valence-corrected chi connectivity index (χ3v) is 2.71. The number of hydrogen-bond donors (Lipinski definition) is 2. The maximum Gasteiger partial charge on any atom is 0.0932 e. The predicted octanol–water partition coefficient (Wildman–Crippen LogP) is -0.585. The van der Waals surface area contributed by atoms with Gasteiger partial charge in [0.25, 0.3) is 0 Å². The van der Waals surface area contributed by atoms with Crippen LogP contribution in [-0.4, -0.2) is 54.5 Å². The standard InChI is InChI=1S/C9H20N2O2/c1-7(10)8(2)11-3-4-13-9(5-11)6-12/h7-9,12H,3-6,10H2,1-2H3. The van der Waals surface area contributed by atoms with E-state index in [1.54, 1.807) is 0 Å². The second-order valence-electron chi connectivity index (χ2n) is 3.77. The van der Waals surface area contributed by atoms with Crippen molar-refractivity contribution >= 4 is 0 Å². The number of nitrogens with two attached hydrogens (primary N) is 1. The molecule has 1 saturated heterocycles. The lowest BCUT2D eigenvalue weighted by molar-refractivity contribution is -0.0646. The topological polar surface area (TPSA) is 58.7 Å². The summed E-state index contributed by atoms with van der Waals surface area (Å²) in [4.78, 5) is 2.27. The molecule has 1 fully saturated rings. The molecule has 3 unspecified atom stereocenters. The highest BCUT2D eigenvalue weighted by Crippen LogP contribution is 2.10. The van der Waals surface area contributed by atoms with Crippen LogP contribution in [0.2, 0.25) is 0 Å². The first-order valence-electron chi connectivity index (χ1n) is 4.87. The van der Waals surface area contributed by atoms with Crippen LogP contribution >= 0.6 is 0 Å². The smallest absolute Gasteiger partial charge is 0.0932 e. The second kappa shape index (κ2) is 4.91. The zero-order valence-electron chi connectivity index (χ0n) is 8.44. The Bertz CT molecular complexity index is 153. The molecule has 1 aliphatic heterocycles. The van der Waals surface area contributed by atoms with Crippen LogP contribution in [0.25, 0.3) is 0 Å². The number of morpholine rings is 1. The Hall–Kier alpha value is -0.160. The van der Waals surface area contributed by atoms with E-state index in [4.69, 9.17) is 15.6 Å². The normalized spacial score (nSPS) is 30.0. The van der Waals surface area contributed by atoms with E-state index in [0.717, 1.165) is 13.1 Å². The number of rotatable bonds is 3. The quantitative estimate of drug-likeness (QED) is 0.622. The van der Waals surface area contributed by atoms with Crippen molar-refractivity contribution in [2.24, 2.45) is 5.73 Å². The second-order valence-corrected chi connectivity index (χ2v) is 3.77. The predicted molar refractivity (Wildman–Crippen MR) is 51.5 cm³/mol. The van der Waals surface area contributed by atoms with Gasteiger partial charge in [0.05, 0.1) is 19.3 Å². The molecule has 4 nitrogen and oxygen atoms in total. The van der Waals surface area contributed by atoms with Crippen molar-refractivity contribution in [3.05, 3.63) is 0 Å². The number of ether oxygens (including phenoxy) is 1. The van der Waals surface area contributed by atoms with Crippen molar-refractivity contribution < 1.29 is 9.84 Å². The van der Waals surface area contributed by atoms with E-state index in [0.29, 0.717) is 12.6 Å². The van der Waals surface area contributed by atoms with Crippen LogP contribution in [0.5, 0.6) is 0 Å². The van der Waals surface area contributed by atoms with Gasteiger partial charge in [0.2, 0.25) is 0 Å². The minimum Gasteiger partial charge on any atom is -0.394 e. The molecular weight excluding hydrogens is 168 g/mol. The first-order valence-corrected chi connectivity index (χ1v) is 4.87. The molecule has 0 saturated carbocycles. The molecule has 0 bridgehead atoms. The summed E-state index contributed by atoms with van der Waals surface area (Å²) in [5, 5.41) is 8.95. The summed E-state index contributed by atoms with van der Waals surface area (Å²) in [5.74, 6) is 0. The summed E-state index contributed by atoms with van der Waals surface area (Å²) in [5.41, 5.74) is 5.81. The van der Waals surface area contributed by atoms with Crippen molar-refractivity contribution in [3.8, 4) is 0 Å². The van der Waals surface area contributed by atoms with E-state index in [9.17, 15) is 0 Å². The number of aliphatic hydroxyl groups is 1. The highest BCUT2D eigenvalue weighted by molar-refractivity contribution is 4.79. The van der Waals surface area contributed by atoms with Gasteiger partial charge >= 0.3 is 0 Å². The van der Waals surface area contributed by atoms with E-state index in [2.05, 4.69) is 11.8 Å². The fourth-order valence-electron chi connectivity index (χ4n) is 1.56. The molecule has 1 rings (SSSR count). The van der Waals surface area contributed by atoms with Gasteiger partial charge in [-0.1, -0.05) is 0 Å². The minimum absolute atomic E-state index is 0.0325. The highest BCUT2D eigenvalue weighted by atomic mass is 16.5. The average Bonchev–Trinajstić information content (AvgIpc) is 2.16. The Kier molecular flexibility index (Phi) is 4.12. The monoisotopic (exact) mass is 188 g/mol. The maximum absolute atomic E-state index is 8.95. The molecule has 0 aromatic carbocycles. The molecule has 3 atom stereocenters. The fourth-order valence-corrected chi connectivity index (χ4v) is 1.56. The van der Waals surface area contributed by atoms with Gasteiger partial charge in [-0.25, -0.2) is 0 Å². The van der Waals surface area contributed by atoms with Crippen molar-refractivity contribution in [2.75, 3.05) is 26.3 Å². The minimum atomic E-state index is -0.0325. The van der Waals surface area contributed by atoms with Crippen LogP contribution in [0.4, 0.5) is 0 Å². The molecule has 1 aliphatic rings. The zero-order chi connectivity index (χ0) is 9.84. The Morgan fingerprint density at radius 2 is 2.31 bits per heavy atom. The molecule has 78 valence electrons. The number of hydrogen-bond acceptors (Lipinski definition) is 4. The van der Waals surface area contributed by atoms with Crippen molar-refractivity contribution in [3.63, 3.8) is 0 Å². The Morgan fingerprint density at radius 3 is 2.85 bits per heavy atom. The number of aliphatic hydroxyl groups excluding tert-OH is 1. The number of nitrogens with zero attached hydrogens (tertiary/aromatic N) is 1. The van der Waals surface area contributed by atoms with Crippen LogP contribution in [0.15, 0.2) is 0 Å². The highest BCUT2D eigenvalue weighted by Gasteiger charge is 2.24. The molecule has 0 aromatic heterocycles. The average molecular weight is 188 g/mol. The molecular formula is C9H20N2O2. The van der Waals surface area contributed by atoms with Gasteiger partial charge in [-0.3, -0.25) is 4.90 Å². The van der Waals surface area contributed by atoms with Crippen LogP contribution in [-0.2, 0) is 4.74 Å². The van der Waals surface area contributed by atoms with E-state index >= 15 is 0 Å². The molecule has 1 heterocycles. The molecule has 4 heteroatoms. The molecule has 3 N–H and O–H groups in total.